The second-order valence-corrected chi connectivity index (χ2v) is 6.48. The van der Waals surface area contributed by atoms with Crippen LogP contribution in [-0.4, -0.2) is 25.1 Å². The number of benzene rings is 2. The third-order valence-corrected chi connectivity index (χ3v) is 4.45. The van der Waals surface area contributed by atoms with Gasteiger partial charge in [-0.15, -0.1) is 0 Å². The molecular weight excluding hydrogens is 430 g/mol. The number of nitrogens with zero attached hydrogens (tertiary/aromatic N) is 2. The van der Waals surface area contributed by atoms with Crippen LogP contribution in [0.2, 0.25) is 0 Å². The van der Waals surface area contributed by atoms with E-state index in [-0.39, 0.29) is 16.9 Å². The Morgan fingerprint density at radius 2 is 1.89 bits per heavy atom. The Balaban J connectivity index is 2.40. The van der Waals surface area contributed by atoms with Crippen molar-refractivity contribution in [3.05, 3.63) is 61.6 Å². The number of nitriles is 1. The highest BCUT2D eigenvalue weighted by Gasteiger charge is 2.19. The van der Waals surface area contributed by atoms with Crippen LogP contribution in [-0.2, 0) is 4.79 Å². The maximum Gasteiger partial charge on any atom is 0.293 e. The van der Waals surface area contributed by atoms with Gasteiger partial charge >= 0.3 is 0 Å². The molecule has 0 aromatic heterocycles. The first-order chi connectivity index (χ1) is 13.3. The van der Waals surface area contributed by atoms with Crippen molar-refractivity contribution in [2.45, 2.75) is 6.92 Å². The number of halogens is 1. The van der Waals surface area contributed by atoms with Gasteiger partial charge in [0.25, 0.3) is 11.6 Å². The highest BCUT2D eigenvalue weighted by atomic mass is 79.9. The van der Waals surface area contributed by atoms with Gasteiger partial charge in [-0.2, -0.15) is 5.26 Å². The van der Waals surface area contributed by atoms with Crippen LogP contribution in [0, 0.1) is 28.4 Å². The average Bonchev–Trinajstić information content (AvgIpc) is 2.67. The summed E-state index contributed by atoms with van der Waals surface area (Å²) < 4.78 is 11.0. The predicted octanol–water partition coefficient (Wildman–Crippen LogP) is 4.23. The Labute approximate surface area is 169 Å². The fraction of sp³-hybridized carbons (Fsp3) is 0.158. The lowest BCUT2D eigenvalue weighted by Crippen LogP contribution is -2.14. The molecule has 8 nitrogen and oxygen atoms in total. The van der Waals surface area contributed by atoms with Gasteiger partial charge in [0.05, 0.1) is 19.1 Å². The molecule has 0 unspecified atom stereocenters. The lowest BCUT2D eigenvalue weighted by Gasteiger charge is -2.10. The van der Waals surface area contributed by atoms with Gasteiger partial charge < -0.3 is 14.8 Å². The summed E-state index contributed by atoms with van der Waals surface area (Å²) >= 11 is 3.35. The maximum absolute atomic E-state index is 12.5. The minimum atomic E-state index is -0.767. The zero-order chi connectivity index (χ0) is 20.8. The Hall–Kier alpha value is -3.38. The number of carbonyl (C=O) groups is 1. The molecule has 0 aliphatic heterocycles. The zero-order valence-electron chi connectivity index (χ0n) is 15.3. The highest BCUT2D eigenvalue weighted by molar-refractivity contribution is 9.10. The first-order valence-corrected chi connectivity index (χ1v) is 8.69. The van der Waals surface area contributed by atoms with Gasteiger partial charge in [0.15, 0.2) is 11.5 Å². The third-order valence-electron chi connectivity index (χ3n) is 3.77. The summed E-state index contributed by atoms with van der Waals surface area (Å²) in [5.74, 6) is 0.129. The average molecular weight is 446 g/mol. The van der Waals surface area contributed by atoms with Crippen molar-refractivity contribution in [2.75, 3.05) is 19.5 Å². The fourth-order valence-corrected chi connectivity index (χ4v) is 2.81. The molecule has 0 aliphatic rings. The first kappa shape index (κ1) is 20.9. The Kier molecular flexibility index (Phi) is 6.74. The summed E-state index contributed by atoms with van der Waals surface area (Å²) in [6.45, 7) is 1.70. The summed E-state index contributed by atoms with van der Waals surface area (Å²) in [4.78, 5) is 23.1. The van der Waals surface area contributed by atoms with Crippen molar-refractivity contribution in [1.29, 1.82) is 5.26 Å². The topological polar surface area (TPSA) is 114 Å². The van der Waals surface area contributed by atoms with E-state index in [1.54, 1.807) is 25.1 Å². The lowest BCUT2D eigenvalue weighted by molar-refractivity contribution is -0.384. The zero-order valence-corrected chi connectivity index (χ0v) is 16.9. The van der Waals surface area contributed by atoms with E-state index in [0.717, 1.165) is 0 Å². The molecule has 2 rings (SSSR count). The molecule has 0 radical (unpaired) electrons. The lowest BCUT2D eigenvalue weighted by atomic mass is 10.1. The standard InChI is InChI=1S/C19H16BrN3O5/c1-11-4-5-15(16(6-11)23(25)26)22-19(24)13(10-21)7-12-8-17(27-2)18(28-3)9-14(12)20/h4-9H,1-3H3,(H,22,24)/b13-7+. The molecule has 0 bridgehead atoms. The highest BCUT2D eigenvalue weighted by Crippen LogP contribution is 2.34. The van der Waals surface area contributed by atoms with Crippen LogP contribution >= 0.6 is 15.9 Å². The van der Waals surface area contributed by atoms with Gasteiger partial charge in [0.2, 0.25) is 0 Å². The summed E-state index contributed by atoms with van der Waals surface area (Å²) in [6.07, 6.45) is 1.35. The number of carbonyl (C=O) groups excluding carboxylic acids is 1. The van der Waals surface area contributed by atoms with Gasteiger partial charge in [-0.1, -0.05) is 22.0 Å². The summed E-state index contributed by atoms with van der Waals surface area (Å²) in [7, 11) is 2.95. The van der Waals surface area contributed by atoms with E-state index in [1.165, 1.54) is 32.4 Å². The van der Waals surface area contributed by atoms with Gasteiger partial charge in [0.1, 0.15) is 17.3 Å². The number of ether oxygens (including phenoxy) is 2. The van der Waals surface area contributed by atoms with Crippen molar-refractivity contribution in [2.24, 2.45) is 0 Å². The number of hydrogen-bond acceptors (Lipinski definition) is 6. The minimum absolute atomic E-state index is 0.00753. The molecule has 0 fully saturated rings. The van der Waals surface area contributed by atoms with E-state index < -0.39 is 10.8 Å². The fourth-order valence-electron chi connectivity index (χ4n) is 2.37. The molecular formula is C19H16BrN3O5. The number of rotatable bonds is 6. The van der Waals surface area contributed by atoms with Crippen LogP contribution in [0.4, 0.5) is 11.4 Å². The Morgan fingerprint density at radius 1 is 1.25 bits per heavy atom. The number of nitro benzene ring substituents is 1. The van der Waals surface area contributed by atoms with Gasteiger partial charge in [-0.3, -0.25) is 14.9 Å². The molecule has 1 N–H and O–H groups in total. The number of amides is 1. The second-order valence-electron chi connectivity index (χ2n) is 5.63. The molecule has 28 heavy (non-hydrogen) atoms. The minimum Gasteiger partial charge on any atom is -0.493 e. The molecule has 0 aliphatic carbocycles. The molecule has 0 saturated heterocycles. The first-order valence-electron chi connectivity index (χ1n) is 7.90. The Bertz CT molecular complexity index is 1010. The van der Waals surface area contributed by atoms with Crippen LogP contribution < -0.4 is 14.8 Å². The summed E-state index contributed by atoms with van der Waals surface area (Å²) in [6, 6.07) is 9.45. The second kappa shape index (κ2) is 9.01. The largest absolute Gasteiger partial charge is 0.493 e. The molecule has 0 saturated carbocycles. The van der Waals surface area contributed by atoms with Gasteiger partial charge in [-0.25, -0.2) is 0 Å². The summed E-state index contributed by atoms with van der Waals surface area (Å²) in [5.41, 5.74) is 0.701. The number of hydrogen-bond donors (Lipinski definition) is 1. The summed E-state index contributed by atoms with van der Waals surface area (Å²) in [5, 5.41) is 23.0. The molecule has 2 aromatic rings. The van der Waals surface area contributed by atoms with Crippen LogP contribution in [0.25, 0.3) is 6.08 Å². The SMILES string of the molecule is COc1cc(Br)c(/C=C(\C#N)C(=O)Nc2ccc(C)cc2[N+](=O)[O-])cc1OC. The Morgan fingerprint density at radius 3 is 2.46 bits per heavy atom. The molecule has 9 heteroatoms. The van der Waals surface area contributed by atoms with Crippen molar-refractivity contribution in [1.82, 2.24) is 0 Å². The van der Waals surface area contributed by atoms with Crippen LogP contribution in [0.3, 0.4) is 0 Å². The van der Waals surface area contributed by atoms with Crippen molar-refractivity contribution < 1.29 is 19.2 Å². The van der Waals surface area contributed by atoms with Gasteiger partial charge in [0, 0.05) is 10.5 Å². The monoisotopic (exact) mass is 445 g/mol. The van der Waals surface area contributed by atoms with Gasteiger partial charge in [-0.05, 0) is 42.3 Å². The maximum atomic E-state index is 12.5. The van der Waals surface area contributed by atoms with Crippen LogP contribution in [0.5, 0.6) is 11.5 Å². The molecule has 0 heterocycles. The van der Waals surface area contributed by atoms with E-state index >= 15 is 0 Å². The van der Waals surface area contributed by atoms with Crippen molar-refractivity contribution >= 4 is 39.3 Å². The quantitative estimate of drug-likeness (QED) is 0.308. The molecule has 144 valence electrons. The number of anilines is 1. The van der Waals surface area contributed by atoms with Crippen LogP contribution in [0.15, 0.2) is 40.4 Å². The number of nitrogens with one attached hydrogen (secondary N) is 1. The predicted molar refractivity (Wildman–Crippen MR) is 107 cm³/mol. The molecule has 1 amide bonds. The van der Waals surface area contributed by atoms with Crippen molar-refractivity contribution in [3.8, 4) is 17.6 Å². The van der Waals surface area contributed by atoms with Crippen LogP contribution in [0.1, 0.15) is 11.1 Å². The third kappa shape index (κ3) is 4.66. The van der Waals surface area contributed by atoms with E-state index in [9.17, 15) is 20.2 Å². The van der Waals surface area contributed by atoms with E-state index in [2.05, 4.69) is 21.2 Å². The number of nitro groups is 1. The normalized spacial score (nSPS) is 10.8. The molecule has 2 aromatic carbocycles. The van der Waals surface area contributed by atoms with E-state index in [1.807, 2.05) is 6.07 Å². The smallest absolute Gasteiger partial charge is 0.293 e. The van der Waals surface area contributed by atoms with E-state index in [0.29, 0.717) is 27.1 Å². The number of aryl methyl sites for hydroxylation is 1. The number of methoxy groups -OCH3 is 2. The van der Waals surface area contributed by atoms with E-state index in [4.69, 9.17) is 9.47 Å². The molecule has 0 atom stereocenters. The molecule has 0 spiro atoms. The van der Waals surface area contributed by atoms with Crippen molar-refractivity contribution in [3.63, 3.8) is 0 Å².